The van der Waals surface area contributed by atoms with Gasteiger partial charge < -0.3 is 0 Å². The molecule has 0 N–H and O–H groups in total. The molecule has 1 atom stereocenters. The summed E-state index contributed by atoms with van der Waals surface area (Å²) in [5.74, 6) is 0.843. The molecular weight excluding hydrogens is 144 g/mol. The van der Waals surface area contributed by atoms with Crippen molar-refractivity contribution >= 4 is 0 Å². The lowest BCUT2D eigenvalue weighted by molar-refractivity contribution is 0.494. The number of allylic oxidation sites excluding steroid dienone is 4. The van der Waals surface area contributed by atoms with Crippen LogP contribution in [0.2, 0.25) is 0 Å². The number of rotatable bonds is 2. The lowest BCUT2D eigenvalue weighted by atomic mass is 9.81. The second kappa shape index (κ2) is 4.49. The molecule has 1 rings (SSSR count). The first-order chi connectivity index (χ1) is 5.79. The van der Waals surface area contributed by atoms with E-state index in [9.17, 15) is 0 Å². The Bertz CT molecular complexity index is 196. The van der Waals surface area contributed by atoms with Crippen LogP contribution in [0.25, 0.3) is 0 Å². The second-order valence-electron chi connectivity index (χ2n) is 3.73. The molecule has 0 heterocycles. The Labute approximate surface area is 76.4 Å². The van der Waals surface area contributed by atoms with Gasteiger partial charge in [0.15, 0.2) is 0 Å². The third-order valence-corrected chi connectivity index (χ3v) is 2.88. The van der Waals surface area contributed by atoms with E-state index in [2.05, 4.69) is 32.9 Å². The fourth-order valence-electron chi connectivity index (χ4n) is 2.14. The van der Waals surface area contributed by atoms with E-state index in [0.29, 0.717) is 0 Å². The van der Waals surface area contributed by atoms with Crippen molar-refractivity contribution in [1.82, 2.24) is 0 Å². The zero-order valence-corrected chi connectivity index (χ0v) is 8.56. The molecule has 0 fully saturated rings. The first-order valence-corrected chi connectivity index (χ1v) is 5.12. The van der Waals surface area contributed by atoms with Gasteiger partial charge in [0.2, 0.25) is 0 Å². The highest BCUT2D eigenvalue weighted by Crippen LogP contribution is 2.32. The second-order valence-corrected chi connectivity index (χ2v) is 3.73. The quantitative estimate of drug-likeness (QED) is 0.576. The van der Waals surface area contributed by atoms with Gasteiger partial charge in [-0.05, 0) is 51.0 Å². The van der Waals surface area contributed by atoms with Crippen molar-refractivity contribution in [3.05, 3.63) is 23.3 Å². The maximum atomic E-state index is 2.31. The molecule has 0 saturated heterocycles. The summed E-state index contributed by atoms with van der Waals surface area (Å²) in [4.78, 5) is 0. The highest BCUT2D eigenvalue weighted by atomic mass is 14.2. The molecule has 0 nitrogen and oxygen atoms in total. The van der Waals surface area contributed by atoms with Gasteiger partial charge >= 0.3 is 0 Å². The average molecular weight is 164 g/mol. The molecule has 1 aliphatic carbocycles. The third-order valence-electron chi connectivity index (χ3n) is 2.88. The van der Waals surface area contributed by atoms with Gasteiger partial charge in [0, 0.05) is 0 Å². The van der Waals surface area contributed by atoms with E-state index in [1.807, 2.05) is 0 Å². The summed E-state index contributed by atoms with van der Waals surface area (Å²) < 4.78 is 0. The standard InChI is InChI=1S/C12H20/c1-4-7-12-10(3)8-6-9-11(12)5-2/h4,7,11H,5-6,8-9H2,1-3H3/b7-4-. The summed E-state index contributed by atoms with van der Waals surface area (Å²) in [5, 5.41) is 0. The third kappa shape index (κ3) is 2.00. The largest absolute Gasteiger partial charge is 0.0874 e. The zero-order valence-electron chi connectivity index (χ0n) is 8.56. The molecule has 0 saturated carbocycles. The molecule has 12 heavy (non-hydrogen) atoms. The van der Waals surface area contributed by atoms with Gasteiger partial charge in [0.25, 0.3) is 0 Å². The molecule has 0 aromatic rings. The minimum absolute atomic E-state index is 0.843. The summed E-state index contributed by atoms with van der Waals surface area (Å²) in [6.07, 6.45) is 9.89. The van der Waals surface area contributed by atoms with E-state index in [1.165, 1.54) is 25.7 Å². The lowest BCUT2D eigenvalue weighted by Crippen LogP contribution is -2.08. The maximum absolute atomic E-state index is 2.31. The monoisotopic (exact) mass is 164 g/mol. The molecule has 0 amide bonds. The topological polar surface area (TPSA) is 0 Å². The Morgan fingerprint density at radius 3 is 2.83 bits per heavy atom. The lowest BCUT2D eigenvalue weighted by Gasteiger charge is -2.24. The van der Waals surface area contributed by atoms with E-state index in [-0.39, 0.29) is 0 Å². The van der Waals surface area contributed by atoms with Crippen LogP contribution in [-0.2, 0) is 0 Å². The van der Waals surface area contributed by atoms with E-state index >= 15 is 0 Å². The van der Waals surface area contributed by atoms with Crippen molar-refractivity contribution in [2.75, 3.05) is 0 Å². The molecule has 0 spiro atoms. The SMILES string of the molecule is C/C=C\C1=C(C)CCCC1CC. The van der Waals surface area contributed by atoms with Gasteiger partial charge in [0.1, 0.15) is 0 Å². The Kier molecular flexibility index (Phi) is 3.58. The van der Waals surface area contributed by atoms with Gasteiger partial charge in [-0.25, -0.2) is 0 Å². The molecule has 0 bridgehead atoms. The van der Waals surface area contributed by atoms with Gasteiger partial charge in [-0.1, -0.05) is 24.6 Å². The van der Waals surface area contributed by atoms with Gasteiger partial charge in [0.05, 0.1) is 0 Å². The van der Waals surface area contributed by atoms with Crippen LogP contribution in [0.1, 0.15) is 46.5 Å². The first-order valence-electron chi connectivity index (χ1n) is 5.12. The molecular formula is C12H20. The van der Waals surface area contributed by atoms with Gasteiger partial charge in [-0.2, -0.15) is 0 Å². The van der Waals surface area contributed by atoms with Crippen LogP contribution >= 0.6 is 0 Å². The van der Waals surface area contributed by atoms with E-state index in [1.54, 1.807) is 11.1 Å². The van der Waals surface area contributed by atoms with Crippen molar-refractivity contribution < 1.29 is 0 Å². The first kappa shape index (κ1) is 9.57. The van der Waals surface area contributed by atoms with Gasteiger partial charge in [-0.3, -0.25) is 0 Å². The number of hydrogen-bond donors (Lipinski definition) is 0. The Morgan fingerprint density at radius 2 is 2.25 bits per heavy atom. The van der Waals surface area contributed by atoms with Crippen LogP contribution in [0.15, 0.2) is 23.3 Å². The fraction of sp³-hybridized carbons (Fsp3) is 0.667. The summed E-state index contributed by atoms with van der Waals surface area (Å²) in [6.45, 7) is 6.70. The van der Waals surface area contributed by atoms with Crippen molar-refractivity contribution in [1.29, 1.82) is 0 Å². The molecule has 1 aliphatic rings. The Balaban J connectivity index is 2.83. The maximum Gasteiger partial charge on any atom is -0.0165 e. The van der Waals surface area contributed by atoms with Crippen LogP contribution in [0.5, 0.6) is 0 Å². The van der Waals surface area contributed by atoms with Crippen LogP contribution in [0, 0.1) is 5.92 Å². The highest BCUT2D eigenvalue weighted by Gasteiger charge is 2.16. The number of hydrogen-bond acceptors (Lipinski definition) is 0. The van der Waals surface area contributed by atoms with Crippen LogP contribution in [-0.4, -0.2) is 0 Å². The van der Waals surface area contributed by atoms with E-state index < -0.39 is 0 Å². The Hall–Kier alpha value is -0.520. The van der Waals surface area contributed by atoms with Crippen molar-refractivity contribution in [2.45, 2.75) is 46.5 Å². The Morgan fingerprint density at radius 1 is 1.50 bits per heavy atom. The molecule has 0 aliphatic heterocycles. The molecule has 68 valence electrons. The molecule has 0 aromatic heterocycles. The fourth-order valence-corrected chi connectivity index (χ4v) is 2.14. The zero-order chi connectivity index (χ0) is 8.97. The molecule has 1 unspecified atom stereocenters. The smallest absolute Gasteiger partial charge is 0.0165 e. The summed E-state index contributed by atoms with van der Waals surface area (Å²) in [6, 6.07) is 0. The summed E-state index contributed by atoms with van der Waals surface area (Å²) in [7, 11) is 0. The average Bonchev–Trinajstić information content (AvgIpc) is 2.09. The predicted molar refractivity (Wildman–Crippen MR) is 55.1 cm³/mol. The van der Waals surface area contributed by atoms with E-state index in [0.717, 1.165) is 5.92 Å². The van der Waals surface area contributed by atoms with Crippen LogP contribution in [0.3, 0.4) is 0 Å². The highest BCUT2D eigenvalue weighted by molar-refractivity contribution is 5.28. The van der Waals surface area contributed by atoms with Crippen molar-refractivity contribution in [2.24, 2.45) is 5.92 Å². The van der Waals surface area contributed by atoms with Crippen LogP contribution < -0.4 is 0 Å². The summed E-state index contributed by atoms with van der Waals surface area (Å²) in [5.41, 5.74) is 3.23. The minimum atomic E-state index is 0.843. The normalized spacial score (nSPS) is 25.4. The van der Waals surface area contributed by atoms with Crippen LogP contribution in [0.4, 0.5) is 0 Å². The predicted octanol–water partition coefficient (Wildman–Crippen LogP) is 4.09. The van der Waals surface area contributed by atoms with E-state index in [4.69, 9.17) is 0 Å². The van der Waals surface area contributed by atoms with Crippen molar-refractivity contribution in [3.8, 4) is 0 Å². The molecule has 0 heteroatoms. The summed E-state index contributed by atoms with van der Waals surface area (Å²) >= 11 is 0. The molecule has 0 radical (unpaired) electrons. The molecule has 0 aromatic carbocycles. The van der Waals surface area contributed by atoms with Crippen molar-refractivity contribution in [3.63, 3.8) is 0 Å². The van der Waals surface area contributed by atoms with Gasteiger partial charge in [-0.15, -0.1) is 0 Å². The minimum Gasteiger partial charge on any atom is -0.0874 e.